The lowest BCUT2D eigenvalue weighted by Gasteiger charge is -2.33. The van der Waals surface area contributed by atoms with Gasteiger partial charge in [0.05, 0.1) is 18.4 Å². The summed E-state index contributed by atoms with van der Waals surface area (Å²) in [6.45, 7) is 6.19. The standard InChI is InChI=1S/C19H25N3O2/c1-15-12-16(2)22(20-15)14-19(23)21-10-11-24-18(13-21)9-8-17-6-4-3-5-7-17/h3-7,12,18H,8-11,13-14H2,1-2H3/t18-/m0/s1. The van der Waals surface area contributed by atoms with Crippen molar-refractivity contribution < 1.29 is 9.53 Å². The molecule has 128 valence electrons. The largest absolute Gasteiger partial charge is 0.375 e. The Morgan fingerprint density at radius 1 is 1.29 bits per heavy atom. The molecule has 5 heteroatoms. The van der Waals surface area contributed by atoms with Crippen LogP contribution >= 0.6 is 0 Å². The first-order chi connectivity index (χ1) is 11.6. The van der Waals surface area contributed by atoms with Crippen molar-refractivity contribution >= 4 is 5.91 Å². The van der Waals surface area contributed by atoms with E-state index in [0.717, 1.165) is 24.2 Å². The second-order valence-corrected chi connectivity index (χ2v) is 6.44. The number of aryl methyl sites for hydroxylation is 3. The third kappa shape index (κ3) is 4.23. The minimum absolute atomic E-state index is 0.114. The summed E-state index contributed by atoms with van der Waals surface area (Å²) in [6, 6.07) is 12.4. The molecule has 24 heavy (non-hydrogen) atoms. The Bertz CT molecular complexity index is 681. The van der Waals surface area contributed by atoms with Crippen molar-refractivity contribution in [3.8, 4) is 0 Å². The number of nitrogens with zero attached hydrogens (tertiary/aromatic N) is 3. The van der Waals surface area contributed by atoms with Crippen LogP contribution in [0.3, 0.4) is 0 Å². The van der Waals surface area contributed by atoms with E-state index in [-0.39, 0.29) is 12.0 Å². The third-order valence-electron chi connectivity index (χ3n) is 4.48. The zero-order valence-electron chi connectivity index (χ0n) is 14.4. The number of ether oxygens (including phenoxy) is 1. The normalized spacial score (nSPS) is 17.9. The van der Waals surface area contributed by atoms with E-state index in [1.54, 1.807) is 4.68 Å². The van der Waals surface area contributed by atoms with Gasteiger partial charge in [-0.05, 0) is 38.3 Å². The van der Waals surface area contributed by atoms with Gasteiger partial charge >= 0.3 is 0 Å². The zero-order valence-corrected chi connectivity index (χ0v) is 14.4. The lowest BCUT2D eigenvalue weighted by molar-refractivity contribution is -0.139. The smallest absolute Gasteiger partial charge is 0.244 e. The number of hydrogen-bond acceptors (Lipinski definition) is 3. The molecule has 1 fully saturated rings. The number of aromatic nitrogens is 2. The fraction of sp³-hybridized carbons (Fsp3) is 0.474. The van der Waals surface area contributed by atoms with Crippen LogP contribution in [-0.2, 0) is 22.5 Å². The van der Waals surface area contributed by atoms with Crippen molar-refractivity contribution in [3.05, 3.63) is 53.3 Å². The van der Waals surface area contributed by atoms with Crippen molar-refractivity contribution in [2.24, 2.45) is 0 Å². The van der Waals surface area contributed by atoms with Gasteiger partial charge in [0.25, 0.3) is 0 Å². The summed E-state index contributed by atoms with van der Waals surface area (Å²) in [7, 11) is 0. The van der Waals surface area contributed by atoms with Crippen LogP contribution in [0.4, 0.5) is 0 Å². The van der Waals surface area contributed by atoms with Gasteiger partial charge in [0.15, 0.2) is 0 Å². The molecule has 0 N–H and O–H groups in total. The number of hydrogen-bond donors (Lipinski definition) is 0. The summed E-state index contributed by atoms with van der Waals surface area (Å²) >= 11 is 0. The first kappa shape index (κ1) is 16.7. The highest BCUT2D eigenvalue weighted by molar-refractivity contribution is 5.76. The van der Waals surface area contributed by atoms with Crippen LogP contribution in [0.5, 0.6) is 0 Å². The molecule has 0 saturated carbocycles. The molecule has 0 radical (unpaired) electrons. The molecule has 1 aliphatic heterocycles. The molecular formula is C19H25N3O2. The summed E-state index contributed by atoms with van der Waals surface area (Å²) in [6.07, 6.45) is 2.03. The van der Waals surface area contributed by atoms with Crippen LogP contribution in [0.25, 0.3) is 0 Å². The molecule has 2 heterocycles. The second kappa shape index (κ2) is 7.62. The monoisotopic (exact) mass is 327 g/mol. The average molecular weight is 327 g/mol. The Kier molecular flexibility index (Phi) is 5.30. The molecule has 1 aliphatic rings. The first-order valence-electron chi connectivity index (χ1n) is 8.56. The van der Waals surface area contributed by atoms with Gasteiger partial charge in [0.1, 0.15) is 6.54 Å². The van der Waals surface area contributed by atoms with Gasteiger partial charge in [-0.3, -0.25) is 9.48 Å². The van der Waals surface area contributed by atoms with Gasteiger partial charge in [-0.25, -0.2) is 0 Å². The SMILES string of the molecule is Cc1cc(C)n(CC(=O)N2CCO[C@@H](CCc3ccccc3)C2)n1. The van der Waals surface area contributed by atoms with Gasteiger partial charge in [-0.15, -0.1) is 0 Å². The molecule has 3 rings (SSSR count). The predicted molar refractivity (Wildman–Crippen MR) is 92.8 cm³/mol. The van der Waals surface area contributed by atoms with Crippen molar-refractivity contribution in [2.45, 2.75) is 39.3 Å². The number of benzene rings is 1. The third-order valence-corrected chi connectivity index (χ3v) is 4.48. The molecule has 0 bridgehead atoms. The van der Waals surface area contributed by atoms with E-state index in [4.69, 9.17) is 4.74 Å². The maximum absolute atomic E-state index is 12.6. The summed E-state index contributed by atoms with van der Waals surface area (Å²) in [4.78, 5) is 14.5. The summed E-state index contributed by atoms with van der Waals surface area (Å²) in [5, 5.41) is 4.38. The summed E-state index contributed by atoms with van der Waals surface area (Å²) < 4.78 is 7.63. The fourth-order valence-electron chi connectivity index (χ4n) is 3.16. The molecule has 1 amide bonds. The van der Waals surface area contributed by atoms with Crippen LogP contribution in [0, 0.1) is 13.8 Å². The van der Waals surface area contributed by atoms with E-state index in [1.165, 1.54) is 5.56 Å². The molecule has 5 nitrogen and oxygen atoms in total. The van der Waals surface area contributed by atoms with Crippen LogP contribution in [0.15, 0.2) is 36.4 Å². The Morgan fingerprint density at radius 2 is 2.08 bits per heavy atom. The molecular weight excluding hydrogens is 302 g/mol. The summed E-state index contributed by atoms with van der Waals surface area (Å²) in [5.41, 5.74) is 3.28. The Balaban J connectivity index is 1.53. The van der Waals surface area contributed by atoms with Crippen molar-refractivity contribution in [1.82, 2.24) is 14.7 Å². The fourth-order valence-corrected chi connectivity index (χ4v) is 3.16. The van der Waals surface area contributed by atoms with Gasteiger partial charge in [-0.1, -0.05) is 30.3 Å². The number of carbonyl (C=O) groups is 1. The highest BCUT2D eigenvalue weighted by Crippen LogP contribution is 2.13. The second-order valence-electron chi connectivity index (χ2n) is 6.44. The van der Waals surface area contributed by atoms with Crippen molar-refractivity contribution in [1.29, 1.82) is 0 Å². The van der Waals surface area contributed by atoms with E-state index in [9.17, 15) is 4.79 Å². The Labute approximate surface area is 143 Å². The van der Waals surface area contributed by atoms with E-state index in [2.05, 4.69) is 29.4 Å². The topological polar surface area (TPSA) is 47.4 Å². The molecule has 2 aromatic rings. The minimum Gasteiger partial charge on any atom is -0.375 e. The zero-order chi connectivity index (χ0) is 16.9. The molecule has 0 unspecified atom stereocenters. The number of amides is 1. The molecule has 1 aromatic carbocycles. The Morgan fingerprint density at radius 3 is 2.79 bits per heavy atom. The van der Waals surface area contributed by atoms with Gasteiger partial charge in [0, 0.05) is 18.8 Å². The van der Waals surface area contributed by atoms with E-state index in [0.29, 0.717) is 26.2 Å². The highest BCUT2D eigenvalue weighted by atomic mass is 16.5. The average Bonchev–Trinajstić information content (AvgIpc) is 2.91. The van der Waals surface area contributed by atoms with Gasteiger partial charge < -0.3 is 9.64 Å². The van der Waals surface area contributed by atoms with Crippen LogP contribution in [-0.4, -0.2) is 46.4 Å². The van der Waals surface area contributed by atoms with Gasteiger partial charge in [0.2, 0.25) is 5.91 Å². The van der Waals surface area contributed by atoms with Crippen LogP contribution in [0.1, 0.15) is 23.4 Å². The van der Waals surface area contributed by atoms with Crippen LogP contribution < -0.4 is 0 Å². The number of rotatable bonds is 5. The number of morpholine rings is 1. The lowest BCUT2D eigenvalue weighted by Crippen LogP contribution is -2.47. The Hall–Kier alpha value is -2.14. The summed E-state index contributed by atoms with van der Waals surface area (Å²) in [5.74, 6) is 0.120. The van der Waals surface area contributed by atoms with Crippen molar-refractivity contribution in [3.63, 3.8) is 0 Å². The molecule has 1 saturated heterocycles. The molecule has 0 spiro atoms. The van der Waals surface area contributed by atoms with E-state index in [1.807, 2.05) is 30.9 Å². The molecule has 1 atom stereocenters. The molecule has 1 aromatic heterocycles. The van der Waals surface area contributed by atoms with Crippen LogP contribution in [0.2, 0.25) is 0 Å². The maximum atomic E-state index is 12.6. The number of carbonyl (C=O) groups excluding carboxylic acids is 1. The molecule has 0 aliphatic carbocycles. The highest BCUT2D eigenvalue weighted by Gasteiger charge is 2.24. The quantitative estimate of drug-likeness (QED) is 0.847. The predicted octanol–water partition coefficient (Wildman–Crippen LogP) is 2.36. The van der Waals surface area contributed by atoms with E-state index >= 15 is 0 Å². The minimum atomic E-state index is 0.114. The van der Waals surface area contributed by atoms with E-state index < -0.39 is 0 Å². The van der Waals surface area contributed by atoms with Gasteiger partial charge in [-0.2, -0.15) is 5.10 Å². The lowest BCUT2D eigenvalue weighted by atomic mass is 10.1. The first-order valence-corrected chi connectivity index (χ1v) is 8.56. The van der Waals surface area contributed by atoms with Crippen molar-refractivity contribution in [2.75, 3.05) is 19.7 Å². The maximum Gasteiger partial charge on any atom is 0.244 e.